The van der Waals surface area contributed by atoms with Crippen LogP contribution in [0.15, 0.2) is 5.38 Å². The Kier molecular flexibility index (Phi) is 4.72. The Balaban J connectivity index is 1.81. The van der Waals surface area contributed by atoms with Crippen LogP contribution < -0.4 is 0 Å². The van der Waals surface area contributed by atoms with Crippen molar-refractivity contribution < 1.29 is 9.90 Å². The lowest BCUT2D eigenvalue weighted by Gasteiger charge is -2.31. The Bertz CT molecular complexity index is 405. The summed E-state index contributed by atoms with van der Waals surface area (Å²) in [5.41, 5.74) is 1.09. The average Bonchev–Trinajstić information content (AvgIpc) is 2.73. The summed E-state index contributed by atoms with van der Waals surface area (Å²) >= 11 is 1.72. The standard InChI is InChI=1S/C13H20N2O2S/c1-10-9-18-12(14-10)8-15-6-2-3-11(7-15)4-5-13(16)17/h9,11H,2-8H2,1H3,(H,16,17). The number of hydrogen-bond donors (Lipinski definition) is 1. The van der Waals surface area contributed by atoms with Crippen LogP contribution in [-0.4, -0.2) is 34.0 Å². The minimum absolute atomic E-state index is 0.300. The molecule has 0 spiro atoms. The van der Waals surface area contributed by atoms with E-state index < -0.39 is 5.97 Å². The van der Waals surface area contributed by atoms with Gasteiger partial charge in [0.25, 0.3) is 0 Å². The van der Waals surface area contributed by atoms with Crippen LogP contribution in [-0.2, 0) is 11.3 Å². The van der Waals surface area contributed by atoms with E-state index in [2.05, 4.69) is 15.3 Å². The van der Waals surface area contributed by atoms with Gasteiger partial charge in [0.2, 0.25) is 0 Å². The van der Waals surface area contributed by atoms with Gasteiger partial charge in [-0.1, -0.05) is 0 Å². The van der Waals surface area contributed by atoms with Crippen molar-refractivity contribution >= 4 is 17.3 Å². The summed E-state index contributed by atoms with van der Waals surface area (Å²) in [5.74, 6) is -0.140. The van der Waals surface area contributed by atoms with Gasteiger partial charge < -0.3 is 5.11 Å². The number of aromatic nitrogens is 1. The molecule has 5 heteroatoms. The first-order valence-corrected chi connectivity index (χ1v) is 7.36. The Morgan fingerprint density at radius 1 is 1.67 bits per heavy atom. The van der Waals surface area contributed by atoms with E-state index in [0.29, 0.717) is 12.3 Å². The molecule has 1 aliphatic rings. The number of aliphatic carboxylic acids is 1. The van der Waals surface area contributed by atoms with Crippen molar-refractivity contribution in [3.63, 3.8) is 0 Å². The molecule has 100 valence electrons. The number of piperidine rings is 1. The molecule has 0 bridgehead atoms. The van der Waals surface area contributed by atoms with Crippen LogP contribution >= 0.6 is 11.3 Å². The quantitative estimate of drug-likeness (QED) is 0.891. The molecular formula is C13H20N2O2S. The molecular weight excluding hydrogens is 248 g/mol. The Morgan fingerprint density at radius 3 is 3.17 bits per heavy atom. The second-order valence-electron chi connectivity index (χ2n) is 5.06. The van der Waals surface area contributed by atoms with Crippen LogP contribution in [0.3, 0.4) is 0 Å². The molecule has 1 unspecified atom stereocenters. The lowest BCUT2D eigenvalue weighted by Crippen LogP contribution is -2.35. The molecule has 2 heterocycles. The van der Waals surface area contributed by atoms with Gasteiger partial charge >= 0.3 is 5.97 Å². The van der Waals surface area contributed by atoms with E-state index in [1.807, 2.05) is 6.92 Å². The molecule has 4 nitrogen and oxygen atoms in total. The van der Waals surface area contributed by atoms with Gasteiger partial charge in [-0.2, -0.15) is 0 Å². The van der Waals surface area contributed by atoms with E-state index in [9.17, 15) is 4.79 Å². The first-order chi connectivity index (χ1) is 8.63. The molecule has 0 aromatic carbocycles. The number of carboxylic acids is 1. The highest BCUT2D eigenvalue weighted by molar-refractivity contribution is 7.09. The summed E-state index contributed by atoms with van der Waals surface area (Å²) in [7, 11) is 0. The summed E-state index contributed by atoms with van der Waals surface area (Å²) in [5, 5.41) is 12.0. The third kappa shape index (κ3) is 4.07. The van der Waals surface area contributed by atoms with E-state index in [-0.39, 0.29) is 0 Å². The van der Waals surface area contributed by atoms with Crippen molar-refractivity contribution in [1.29, 1.82) is 0 Å². The molecule has 18 heavy (non-hydrogen) atoms. The minimum atomic E-state index is -0.678. The molecule has 1 aliphatic heterocycles. The molecule has 1 aromatic rings. The Morgan fingerprint density at radius 2 is 2.50 bits per heavy atom. The summed E-state index contributed by atoms with van der Waals surface area (Å²) < 4.78 is 0. The van der Waals surface area contributed by atoms with E-state index in [4.69, 9.17) is 5.11 Å². The zero-order chi connectivity index (χ0) is 13.0. The van der Waals surface area contributed by atoms with E-state index >= 15 is 0 Å². The highest BCUT2D eigenvalue weighted by Gasteiger charge is 2.21. The van der Waals surface area contributed by atoms with Gasteiger partial charge in [0.1, 0.15) is 5.01 Å². The van der Waals surface area contributed by atoms with Gasteiger partial charge in [-0.15, -0.1) is 11.3 Å². The van der Waals surface area contributed by atoms with Crippen molar-refractivity contribution in [2.75, 3.05) is 13.1 Å². The number of aryl methyl sites for hydroxylation is 1. The van der Waals surface area contributed by atoms with Crippen molar-refractivity contribution in [1.82, 2.24) is 9.88 Å². The number of carboxylic acid groups (broad SMARTS) is 1. The molecule has 1 fully saturated rings. The smallest absolute Gasteiger partial charge is 0.303 e. The molecule has 0 aliphatic carbocycles. The molecule has 1 aromatic heterocycles. The number of nitrogens with zero attached hydrogens (tertiary/aromatic N) is 2. The molecule has 2 rings (SSSR count). The maximum atomic E-state index is 10.6. The number of rotatable bonds is 5. The number of likely N-dealkylation sites (tertiary alicyclic amines) is 1. The summed E-state index contributed by atoms with van der Waals surface area (Å²) in [4.78, 5) is 17.5. The van der Waals surface area contributed by atoms with Crippen LogP contribution in [0.2, 0.25) is 0 Å². The lowest BCUT2D eigenvalue weighted by molar-refractivity contribution is -0.137. The normalized spacial score (nSPS) is 21.1. The second-order valence-corrected chi connectivity index (χ2v) is 6.00. The van der Waals surface area contributed by atoms with Gasteiger partial charge in [0.05, 0.1) is 6.54 Å². The van der Waals surface area contributed by atoms with Gasteiger partial charge in [-0.3, -0.25) is 9.69 Å². The van der Waals surface area contributed by atoms with Crippen LogP contribution in [0.25, 0.3) is 0 Å². The van der Waals surface area contributed by atoms with Crippen LogP contribution in [0.5, 0.6) is 0 Å². The number of hydrogen-bond acceptors (Lipinski definition) is 4. The third-order valence-electron chi connectivity index (χ3n) is 3.40. The maximum absolute atomic E-state index is 10.6. The highest BCUT2D eigenvalue weighted by Crippen LogP contribution is 2.23. The third-order valence-corrected chi connectivity index (χ3v) is 4.35. The predicted octanol–water partition coefficient (Wildman–Crippen LogP) is 2.53. The van der Waals surface area contributed by atoms with E-state index in [0.717, 1.165) is 31.7 Å². The second kappa shape index (κ2) is 6.29. The monoisotopic (exact) mass is 268 g/mol. The largest absolute Gasteiger partial charge is 0.481 e. The maximum Gasteiger partial charge on any atom is 0.303 e. The van der Waals surface area contributed by atoms with Crippen molar-refractivity contribution in [2.24, 2.45) is 5.92 Å². The molecule has 1 N–H and O–H groups in total. The fourth-order valence-corrected chi connectivity index (χ4v) is 3.34. The zero-order valence-electron chi connectivity index (χ0n) is 10.8. The van der Waals surface area contributed by atoms with Crippen molar-refractivity contribution in [3.05, 3.63) is 16.1 Å². The SMILES string of the molecule is Cc1csc(CN2CCCC(CCC(=O)O)C2)n1. The summed E-state index contributed by atoms with van der Waals surface area (Å²) in [6.45, 7) is 5.07. The number of thiazole rings is 1. The molecule has 0 radical (unpaired) electrons. The molecule has 1 atom stereocenters. The molecule has 1 saturated heterocycles. The molecule has 0 amide bonds. The first-order valence-electron chi connectivity index (χ1n) is 6.48. The van der Waals surface area contributed by atoms with Gasteiger partial charge in [0.15, 0.2) is 0 Å². The van der Waals surface area contributed by atoms with Gasteiger partial charge in [0, 0.05) is 24.0 Å². The van der Waals surface area contributed by atoms with E-state index in [1.54, 1.807) is 11.3 Å². The van der Waals surface area contributed by atoms with Crippen LogP contribution in [0, 0.1) is 12.8 Å². The van der Waals surface area contributed by atoms with Gasteiger partial charge in [-0.25, -0.2) is 4.98 Å². The summed E-state index contributed by atoms with van der Waals surface area (Å²) in [6.07, 6.45) is 3.45. The van der Waals surface area contributed by atoms with Crippen molar-refractivity contribution in [3.8, 4) is 0 Å². The van der Waals surface area contributed by atoms with Crippen molar-refractivity contribution in [2.45, 2.75) is 39.2 Å². The van der Waals surface area contributed by atoms with Crippen LogP contribution in [0.4, 0.5) is 0 Å². The van der Waals surface area contributed by atoms with E-state index in [1.165, 1.54) is 17.8 Å². The highest BCUT2D eigenvalue weighted by atomic mass is 32.1. The zero-order valence-corrected chi connectivity index (χ0v) is 11.6. The van der Waals surface area contributed by atoms with Crippen LogP contribution in [0.1, 0.15) is 36.4 Å². The summed E-state index contributed by atoms with van der Waals surface area (Å²) in [6, 6.07) is 0. The van der Waals surface area contributed by atoms with Gasteiger partial charge in [-0.05, 0) is 38.6 Å². The fraction of sp³-hybridized carbons (Fsp3) is 0.692. The topological polar surface area (TPSA) is 53.4 Å². The fourth-order valence-electron chi connectivity index (χ4n) is 2.52. The lowest BCUT2D eigenvalue weighted by atomic mass is 9.93. The molecule has 0 saturated carbocycles. The first kappa shape index (κ1) is 13.5. The predicted molar refractivity (Wildman–Crippen MR) is 71.7 cm³/mol. The number of carbonyl (C=O) groups is 1. The Hall–Kier alpha value is -0.940. The minimum Gasteiger partial charge on any atom is -0.481 e. The average molecular weight is 268 g/mol. The Labute approximate surface area is 112 Å².